The first-order chi connectivity index (χ1) is 11.2. The smallest absolute Gasteiger partial charge is 0.465 e. The van der Waals surface area contributed by atoms with Crippen LogP contribution in [0.4, 0.5) is 18.0 Å². The summed E-state index contributed by atoms with van der Waals surface area (Å²) in [6.45, 7) is -0.0982. The molecule has 1 fully saturated rings. The van der Waals surface area contributed by atoms with Crippen molar-refractivity contribution in [1.82, 2.24) is 10.2 Å². The van der Waals surface area contributed by atoms with E-state index in [4.69, 9.17) is 5.11 Å². The summed E-state index contributed by atoms with van der Waals surface area (Å²) < 4.78 is 40.9. The van der Waals surface area contributed by atoms with Gasteiger partial charge in [0.15, 0.2) is 0 Å². The van der Waals surface area contributed by atoms with Crippen LogP contribution in [0.3, 0.4) is 0 Å². The molecule has 1 aliphatic heterocycles. The predicted molar refractivity (Wildman–Crippen MR) is 74.6 cm³/mol. The molecule has 0 saturated carbocycles. The standard InChI is InChI=1S/C14H15F3N2O5/c15-14(16,17)24-11-4-2-1-3-8(11)12(21)18-9-5-6-19(13(22)23)7-10(9)20/h1-4,9-10,20H,5-7H2,(H,18,21)(H,22,23). The van der Waals surface area contributed by atoms with Gasteiger partial charge in [0.2, 0.25) is 0 Å². The summed E-state index contributed by atoms with van der Waals surface area (Å²) in [6, 6.07) is 4.06. The number of benzene rings is 1. The van der Waals surface area contributed by atoms with Crippen molar-refractivity contribution >= 4 is 12.0 Å². The molecule has 1 aromatic carbocycles. The van der Waals surface area contributed by atoms with Gasteiger partial charge in [-0.25, -0.2) is 4.79 Å². The van der Waals surface area contributed by atoms with Crippen molar-refractivity contribution in [3.05, 3.63) is 29.8 Å². The number of amides is 2. The molecule has 2 rings (SSSR count). The number of para-hydroxylation sites is 1. The van der Waals surface area contributed by atoms with Gasteiger partial charge in [0, 0.05) is 6.54 Å². The zero-order valence-electron chi connectivity index (χ0n) is 12.3. The molecule has 7 nitrogen and oxygen atoms in total. The Bertz CT molecular complexity index is 623. The van der Waals surface area contributed by atoms with Crippen molar-refractivity contribution in [2.75, 3.05) is 13.1 Å². The molecule has 0 aromatic heterocycles. The van der Waals surface area contributed by atoms with Crippen LogP contribution in [0.1, 0.15) is 16.8 Å². The van der Waals surface area contributed by atoms with Gasteiger partial charge in [0.1, 0.15) is 5.75 Å². The van der Waals surface area contributed by atoms with Gasteiger partial charge in [-0.2, -0.15) is 0 Å². The SMILES string of the molecule is O=C(NC1CCN(C(=O)O)CC1O)c1ccccc1OC(F)(F)F. The normalized spacial score (nSPS) is 21.2. The lowest BCUT2D eigenvalue weighted by Crippen LogP contribution is -2.55. The Balaban J connectivity index is 2.07. The largest absolute Gasteiger partial charge is 0.573 e. The molecule has 0 aliphatic carbocycles. The maximum atomic E-state index is 12.4. The third-order valence-corrected chi connectivity index (χ3v) is 3.53. The van der Waals surface area contributed by atoms with Crippen LogP contribution in [-0.2, 0) is 0 Å². The van der Waals surface area contributed by atoms with E-state index in [9.17, 15) is 27.9 Å². The second-order valence-corrected chi connectivity index (χ2v) is 5.21. The van der Waals surface area contributed by atoms with Crippen LogP contribution in [-0.4, -0.2) is 58.7 Å². The molecule has 1 heterocycles. The van der Waals surface area contributed by atoms with Gasteiger partial charge in [-0.3, -0.25) is 4.79 Å². The summed E-state index contributed by atoms with van der Waals surface area (Å²) in [6.07, 6.45) is -7.15. The molecule has 0 spiro atoms. The van der Waals surface area contributed by atoms with Gasteiger partial charge >= 0.3 is 12.5 Å². The van der Waals surface area contributed by atoms with Gasteiger partial charge in [-0.15, -0.1) is 13.2 Å². The Labute approximate surface area is 134 Å². The van der Waals surface area contributed by atoms with E-state index in [0.29, 0.717) is 0 Å². The Morgan fingerprint density at radius 3 is 2.54 bits per heavy atom. The Morgan fingerprint density at radius 1 is 1.29 bits per heavy atom. The molecule has 1 aromatic rings. The molecule has 2 atom stereocenters. The highest BCUT2D eigenvalue weighted by Gasteiger charge is 2.34. The summed E-state index contributed by atoms with van der Waals surface area (Å²) in [5, 5.41) is 21.2. The quantitative estimate of drug-likeness (QED) is 0.767. The second kappa shape index (κ2) is 6.95. The zero-order chi connectivity index (χ0) is 17.9. The van der Waals surface area contributed by atoms with Crippen LogP contribution in [0.5, 0.6) is 5.75 Å². The van der Waals surface area contributed by atoms with Crippen LogP contribution >= 0.6 is 0 Å². The third-order valence-electron chi connectivity index (χ3n) is 3.53. The van der Waals surface area contributed by atoms with Gasteiger partial charge < -0.3 is 25.2 Å². The van der Waals surface area contributed by atoms with Crippen LogP contribution in [0, 0.1) is 0 Å². The van der Waals surface area contributed by atoms with Crippen molar-refractivity contribution in [1.29, 1.82) is 0 Å². The minimum atomic E-state index is -4.94. The van der Waals surface area contributed by atoms with Crippen molar-refractivity contribution in [3.8, 4) is 5.75 Å². The van der Waals surface area contributed by atoms with Crippen molar-refractivity contribution < 1.29 is 37.7 Å². The Hall–Kier alpha value is -2.49. The number of ether oxygens (including phenoxy) is 1. The molecule has 3 N–H and O–H groups in total. The number of aliphatic hydroxyl groups is 1. The van der Waals surface area contributed by atoms with Crippen LogP contribution < -0.4 is 10.1 Å². The number of hydrogen-bond acceptors (Lipinski definition) is 4. The maximum Gasteiger partial charge on any atom is 0.573 e. The summed E-state index contributed by atoms with van der Waals surface area (Å²) in [5.74, 6) is -1.50. The van der Waals surface area contributed by atoms with Crippen LogP contribution in [0.15, 0.2) is 24.3 Å². The van der Waals surface area contributed by atoms with Gasteiger partial charge in [0.05, 0.1) is 24.3 Å². The third kappa shape index (κ3) is 4.51. The van der Waals surface area contributed by atoms with Crippen LogP contribution in [0.25, 0.3) is 0 Å². The molecule has 1 aliphatic rings. The molecule has 2 unspecified atom stereocenters. The monoisotopic (exact) mass is 348 g/mol. The average molecular weight is 348 g/mol. The first-order valence-electron chi connectivity index (χ1n) is 6.99. The first-order valence-corrected chi connectivity index (χ1v) is 6.99. The van der Waals surface area contributed by atoms with Crippen molar-refractivity contribution in [3.63, 3.8) is 0 Å². The van der Waals surface area contributed by atoms with E-state index in [1.165, 1.54) is 12.1 Å². The molecular formula is C14H15F3N2O5. The number of alkyl halides is 3. The lowest BCUT2D eigenvalue weighted by atomic mass is 10.0. The lowest BCUT2D eigenvalue weighted by molar-refractivity contribution is -0.274. The van der Waals surface area contributed by atoms with E-state index in [1.54, 1.807) is 0 Å². The molecule has 24 heavy (non-hydrogen) atoms. The first kappa shape index (κ1) is 17.9. The summed E-state index contributed by atoms with van der Waals surface area (Å²) >= 11 is 0. The number of carbonyl (C=O) groups excluding carboxylic acids is 1. The fourth-order valence-corrected chi connectivity index (χ4v) is 2.39. The number of nitrogens with zero attached hydrogens (tertiary/aromatic N) is 1. The zero-order valence-corrected chi connectivity index (χ0v) is 12.3. The lowest BCUT2D eigenvalue weighted by Gasteiger charge is -2.34. The molecule has 132 valence electrons. The Morgan fingerprint density at radius 2 is 1.96 bits per heavy atom. The second-order valence-electron chi connectivity index (χ2n) is 5.21. The Kier molecular flexibility index (Phi) is 5.17. The van der Waals surface area contributed by atoms with Crippen molar-refractivity contribution in [2.24, 2.45) is 0 Å². The predicted octanol–water partition coefficient (Wildman–Crippen LogP) is 1.43. The number of hydrogen-bond donors (Lipinski definition) is 3. The average Bonchev–Trinajstić information content (AvgIpc) is 2.48. The van der Waals surface area contributed by atoms with E-state index < -0.39 is 36.3 Å². The van der Waals surface area contributed by atoms with Crippen molar-refractivity contribution in [2.45, 2.75) is 24.9 Å². The number of aliphatic hydroxyl groups excluding tert-OH is 1. The highest BCUT2D eigenvalue weighted by atomic mass is 19.4. The molecule has 0 radical (unpaired) electrons. The summed E-state index contributed by atoms with van der Waals surface area (Å²) in [7, 11) is 0. The topological polar surface area (TPSA) is 99.1 Å². The maximum absolute atomic E-state index is 12.4. The van der Waals surface area contributed by atoms with E-state index in [1.807, 2.05) is 0 Å². The summed E-state index contributed by atoms with van der Waals surface area (Å²) in [4.78, 5) is 24.0. The van der Waals surface area contributed by atoms with E-state index in [0.717, 1.165) is 17.0 Å². The molecule has 2 amide bonds. The fraction of sp³-hybridized carbons (Fsp3) is 0.429. The number of nitrogens with one attached hydrogen (secondary N) is 1. The number of likely N-dealkylation sites (tertiary alicyclic amines) is 1. The highest BCUT2D eigenvalue weighted by molar-refractivity contribution is 5.97. The van der Waals surface area contributed by atoms with Gasteiger partial charge in [-0.05, 0) is 18.6 Å². The minimum Gasteiger partial charge on any atom is -0.465 e. The van der Waals surface area contributed by atoms with E-state index >= 15 is 0 Å². The highest BCUT2D eigenvalue weighted by Crippen LogP contribution is 2.26. The number of carboxylic acid groups (broad SMARTS) is 1. The number of piperidine rings is 1. The molecule has 0 bridgehead atoms. The van der Waals surface area contributed by atoms with Crippen LogP contribution in [0.2, 0.25) is 0 Å². The number of rotatable bonds is 3. The minimum absolute atomic E-state index is 0.0953. The van der Waals surface area contributed by atoms with Gasteiger partial charge in [0.25, 0.3) is 5.91 Å². The molecular weight excluding hydrogens is 333 g/mol. The number of halogens is 3. The fourth-order valence-electron chi connectivity index (χ4n) is 2.39. The molecule has 10 heteroatoms. The number of β-amino-alcohol motifs (C(OH)–C–C–N with tert-alkyl or cyclic N) is 1. The van der Waals surface area contributed by atoms with E-state index in [2.05, 4.69) is 10.1 Å². The van der Waals surface area contributed by atoms with Gasteiger partial charge in [-0.1, -0.05) is 12.1 Å². The summed E-state index contributed by atoms with van der Waals surface area (Å²) in [5.41, 5.74) is -0.331. The molecule has 1 saturated heterocycles. The number of carbonyl (C=O) groups is 2. The van der Waals surface area contributed by atoms with E-state index in [-0.39, 0.29) is 25.1 Å².